The molecule has 16 heavy (non-hydrogen) atoms. The molecule has 1 aromatic rings. The lowest BCUT2D eigenvalue weighted by molar-refractivity contribution is 0.551. The van der Waals surface area contributed by atoms with Gasteiger partial charge in [0.15, 0.2) is 17.5 Å². The zero-order valence-corrected chi connectivity index (χ0v) is 10.5. The van der Waals surface area contributed by atoms with Crippen LogP contribution in [0.1, 0.15) is 20.3 Å². The molecular weight excluding hydrogens is 230 g/mol. The molecule has 1 unspecified atom stereocenters. The minimum Gasteiger partial charge on any atom is -0.371 e. The number of anilines is 1. The fourth-order valence-electron chi connectivity index (χ4n) is 1.07. The number of thioether (sulfide) groups is 1. The number of halogens is 2. The first-order chi connectivity index (χ1) is 7.58. The average Bonchev–Trinajstić information content (AvgIpc) is 2.27. The van der Waals surface area contributed by atoms with Crippen molar-refractivity contribution in [2.45, 2.75) is 25.3 Å². The summed E-state index contributed by atoms with van der Waals surface area (Å²) in [5, 5.41) is 2.85. The molecule has 90 valence electrons. The predicted molar refractivity (Wildman–Crippen MR) is 63.9 cm³/mol. The molecule has 5 heteroatoms. The fourth-order valence-corrected chi connectivity index (χ4v) is 2.10. The van der Waals surface area contributed by atoms with Crippen LogP contribution in [0.5, 0.6) is 0 Å². The zero-order valence-electron chi connectivity index (χ0n) is 9.68. The fraction of sp³-hybridized carbons (Fsp3) is 0.545. The van der Waals surface area contributed by atoms with Gasteiger partial charge in [0.2, 0.25) is 0 Å². The van der Waals surface area contributed by atoms with Crippen LogP contribution in [0, 0.1) is 17.6 Å². The first kappa shape index (κ1) is 13.2. The Labute approximate surface area is 98.8 Å². The van der Waals surface area contributed by atoms with Crippen LogP contribution in [0.3, 0.4) is 0 Å². The second kappa shape index (κ2) is 6.03. The van der Waals surface area contributed by atoms with Gasteiger partial charge < -0.3 is 5.32 Å². The van der Waals surface area contributed by atoms with E-state index in [1.54, 1.807) is 7.05 Å². The summed E-state index contributed by atoms with van der Waals surface area (Å²) in [7, 11) is 1.56. The summed E-state index contributed by atoms with van der Waals surface area (Å²) in [4.78, 5) is 3.90. The Morgan fingerprint density at radius 3 is 2.69 bits per heavy atom. The van der Waals surface area contributed by atoms with Crippen molar-refractivity contribution in [3.63, 3.8) is 0 Å². The lowest BCUT2D eigenvalue weighted by Crippen LogP contribution is -2.02. The molecule has 0 saturated heterocycles. The van der Waals surface area contributed by atoms with E-state index < -0.39 is 11.6 Å². The highest BCUT2D eigenvalue weighted by Gasteiger charge is 2.12. The first-order valence-electron chi connectivity index (χ1n) is 5.25. The number of rotatable bonds is 5. The molecule has 0 amide bonds. The van der Waals surface area contributed by atoms with Crippen LogP contribution < -0.4 is 5.32 Å². The van der Waals surface area contributed by atoms with Gasteiger partial charge in [-0.1, -0.05) is 20.3 Å². The third kappa shape index (κ3) is 3.33. The SMILES string of the molecule is CCC(C)CSc1nc(NC)c(F)cc1F. The van der Waals surface area contributed by atoms with Crippen LogP contribution in [0.15, 0.2) is 11.1 Å². The molecule has 0 aliphatic carbocycles. The van der Waals surface area contributed by atoms with E-state index >= 15 is 0 Å². The highest BCUT2D eigenvalue weighted by Crippen LogP contribution is 2.25. The zero-order chi connectivity index (χ0) is 12.1. The van der Waals surface area contributed by atoms with Gasteiger partial charge in [-0.25, -0.2) is 13.8 Å². The topological polar surface area (TPSA) is 24.9 Å². The van der Waals surface area contributed by atoms with E-state index in [4.69, 9.17) is 0 Å². The van der Waals surface area contributed by atoms with Crippen molar-refractivity contribution in [3.05, 3.63) is 17.7 Å². The molecule has 0 bridgehead atoms. The Morgan fingerprint density at radius 1 is 1.44 bits per heavy atom. The van der Waals surface area contributed by atoms with Gasteiger partial charge in [0.1, 0.15) is 5.03 Å². The van der Waals surface area contributed by atoms with Crippen LogP contribution in [-0.4, -0.2) is 17.8 Å². The molecule has 2 nitrogen and oxygen atoms in total. The van der Waals surface area contributed by atoms with Crippen molar-refractivity contribution in [2.75, 3.05) is 18.1 Å². The van der Waals surface area contributed by atoms with E-state index in [2.05, 4.69) is 24.1 Å². The second-order valence-corrected chi connectivity index (χ2v) is 4.69. The van der Waals surface area contributed by atoms with Gasteiger partial charge in [0.05, 0.1) is 0 Å². The summed E-state index contributed by atoms with van der Waals surface area (Å²) >= 11 is 1.33. The molecular formula is C11H16F2N2S. The molecule has 0 spiro atoms. The van der Waals surface area contributed by atoms with Gasteiger partial charge in [-0.2, -0.15) is 0 Å². The monoisotopic (exact) mass is 246 g/mol. The Morgan fingerprint density at radius 2 is 2.12 bits per heavy atom. The molecule has 0 fully saturated rings. The van der Waals surface area contributed by atoms with E-state index in [-0.39, 0.29) is 10.8 Å². The Balaban J connectivity index is 2.79. The van der Waals surface area contributed by atoms with Crippen LogP contribution in [0.2, 0.25) is 0 Å². The summed E-state index contributed by atoms with van der Waals surface area (Å²) < 4.78 is 26.5. The van der Waals surface area contributed by atoms with E-state index in [0.29, 0.717) is 5.92 Å². The van der Waals surface area contributed by atoms with Gasteiger partial charge in [-0.05, 0) is 5.92 Å². The molecule has 1 atom stereocenters. The van der Waals surface area contributed by atoms with E-state index in [1.165, 1.54) is 11.8 Å². The summed E-state index contributed by atoms with van der Waals surface area (Å²) in [6.07, 6.45) is 1.04. The number of hydrogen-bond donors (Lipinski definition) is 1. The molecule has 1 rings (SSSR count). The third-order valence-electron chi connectivity index (χ3n) is 2.34. The van der Waals surface area contributed by atoms with Gasteiger partial charge in [-0.3, -0.25) is 0 Å². The molecule has 1 N–H and O–H groups in total. The Bertz CT molecular complexity index is 358. The highest BCUT2D eigenvalue weighted by molar-refractivity contribution is 7.99. The van der Waals surface area contributed by atoms with Crippen LogP contribution >= 0.6 is 11.8 Å². The number of pyridine rings is 1. The number of nitrogens with one attached hydrogen (secondary N) is 1. The van der Waals surface area contributed by atoms with Crippen LogP contribution in [0.4, 0.5) is 14.6 Å². The van der Waals surface area contributed by atoms with E-state index in [0.717, 1.165) is 18.2 Å². The summed E-state index contributed by atoms with van der Waals surface area (Å²) in [6.45, 7) is 4.17. The van der Waals surface area contributed by atoms with Crippen LogP contribution in [0.25, 0.3) is 0 Å². The smallest absolute Gasteiger partial charge is 0.168 e. The van der Waals surface area contributed by atoms with Gasteiger partial charge in [0, 0.05) is 18.9 Å². The summed E-state index contributed by atoms with van der Waals surface area (Å²) in [5.74, 6) is 0.120. The lowest BCUT2D eigenvalue weighted by Gasteiger charge is -2.09. The van der Waals surface area contributed by atoms with E-state index in [1.807, 2.05) is 0 Å². The largest absolute Gasteiger partial charge is 0.371 e. The maximum absolute atomic E-state index is 13.4. The number of hydrogen-bond acceptors (Lipinski definition) is 3. The molecule has 1 aromatic heterocycles. The van der Waals surface area contributed by atoms with Crippen LogP contribution in [-0.2, 0) is 0 Å². The summed E-state index contributed by atoms with van der Waals surface area (Å²) in [6, 6.07) is 0.873. The number of aromatic nitrogens is 1. The molecule has 0 aliphatic heterocycles. The third-order valence-corrected chi connectivity index (χ3v) is 3.63. The predicted octanol–water partition coefficient (Wildman–Crippen LogP) is 3.54. The molecule has 0 radical (unpaired) electrons. The average molecular weight is 246 g/mol. The van der Waals surface area contributed by atoms with Crippen molar-refractivity contribution >= 4 is 17.6 Å². The van der Waals surface area contributed by atoms with Crippen molar-refractivity contribution in [1.82, 2.24) is 4.98 Å². The van der Waals surface area contributed by atoms with E-state index in [9.17, 15) is 8.78 Å². The van der Waals surface area contributed by atoms with Gasteiger partial charge in [0.25, 0.3) is 0 Å². The quantitative estimate of drug-likeness (QED) is 0.804. The standard InChI is InChI=1S/C11H16F2N2S/c1-4-7(2)6-16-11-9(13)5-8(12)10(14-3)15-11/h5,7H,4,6H2,1-3H3,(H,14,15). The van der Waals surface area contributed by atoms with Crippen molar-refractivity contribution in [1.29, 1.82) is 0 Å². The Kier molecular flexibility index (Phi) is 4.99. The minimum absolute atomic E-state index is 0.0908. The maximum Gasteiger partial charge on any atom is 0.168 e. The first-order valence-corrected chi connectivity index (χ1v) is 6.23. The summed E-state index contributed by atoms with van der Waals surface area (Å²) in [5.41, 5.74) is 0. The molecule has 0 aromatic carbocycles. The molecule has 0 saturated carbocycles. The number of nitrogens with zero attached hydrogens (tertiary/aromatic N) is 1. The van der Waals surface area contributed by atoms with Gasteiger partial charge >= 0.3 is 0 Å². The maximum atomic E-state index is 13.4. The van der Waals surface area contributed by atoms with Crippen molar-refractivity contribution < 1.29 is 8.78 Å². The normalized spacial score (nSPS) is 12.6. The molecule has 1 heterocycles. The van der Waals surface area contributed by atoms with Crippen molar-refractivity contribution in [3.8, 4) is 0 Å². The van der Waals surface area contributed by atoms with Crippen molar-refractivity contribution in [2.24, 2.45) is 5.92 Å². The second-order valence-electron chi connectivity index (χ2n) is 3.68. The Hall–Kier alpha value is -0.840. The lowest BCUT2D eigenvalue weighted by atomic mass is 10.2. The highest BCUT2D eigenvalue weighted by atomic mass is 32.2. The minimum atomic E-state index is -0.659. The van der Waals surface area contributed by atoms with Gasteiger partial charge in [-0.15, -0.1) is 11.8 Å². The molecule has 0 aliphatic rings.